The molecular weight excluding hydrogens is 671 g/mol. The molecule has 6 aliphatic rings. The molecule has 4 aromatic carbocycles. The van der Waals surface area contributed by atoms with Gasteiger partial charge in [0.15, 0.2) is 0 Å². The molecular formula is C46H48Cl2Ti. The number of rotatable bonds is 6. The van der Waals surface area contributed by atoms with Gasteiger partial charge in [0.05, 0.1) is 0 Å². The van der Waals surface area contributed by atoms with Crippen LogP contribution in [0.2, 0.25) is 0 Å². The molecule has 0 saturated heterocycles. The minimum atomic E-state index is -1.90. The summed E-state index contributed by atoms with van der Waals surface area (Å²) >= 11 is -1.90. The Morgan fingerprint density at radius 1 is 0.551 bits per heavy atom. The van der Waals surface area contributed by atoms with E-state index in [1.54, 1.807) is 11.1 Å². The predicted molar refractivity (Wildman–Crippen MR) is 195 cm³/mol. The van der Waals surface area contributed by atoms with Crippen LogP contribution in [0.3, 0.4) is 0 Å². The minimum Gasteiger partial charge on any atom is -1.00 e. The largest absolute Gasteiger partial charge is 1.00 e. The van der Waals surface area contributed by atoms with E-state index in [9.17, 15) is 0 Å². The van der Waals surface area contributed by atoms with E-state index in [0.29, 0.717) is 4.22 Å². The van der Waals surface area contributed by atoms with Gasteiger partial charge in [-0.2, -0.15) is 0 Å². The number of allylic oxidation sites excluding steroid dienone is 4. The number of hydrogen-bond acceptors (Lipinski definition) is 0. The van der Waals surface area contributed by atoms with Crippen LogP contribution in [0.5, 0.6) is 0 Å². The summed E-state index contributed by atoms with van der Waals surface area (Å²) in [5, 5.41) is 0. The molecule has 3 heteroatoms. The van der Waals surface area contributed by atoms with Crippen LogP contribution in [0.25, 0.3) is 11.1 Å². The molecule has 10 rings (SSSR count). The van der Waals surface area contributed by atoms with Gasteiger partial charge < -0.3 is 24.8 Å². The van der Waals surface area contributed by atoms with Crippen LogP contribution in [0.1, 0.15) is 104 Å². The molecule has 4 fully saturated rings. The third kappa shape index (κ3) is 5.74. The van der Waals surface area contributed by atoms with Crippen LogP contribution in [-0.2, 0) is 28.2 Å². The zero-order chi connectivity index (χ0) is 31.9. The van der Waals surface area contributed by atoms with Crippen LogP contribution in [0.4, 0.5) is 0 Å². The number of fused-ring (bicyclic) bond motifs is 3. The van der Waals surface area contributed by atoms with Gasteiger partial charge >= 0.3 is 290 Å². The third-order valence-corrected chi connectivity index (χ3v) is 19.0. The first-order valence-corrected chi connectivity index (χ1v) is 20.8. The van der Waals surface area contributed by atoms with Gasteiger partial charge in [-0.1, -0.05) is 0 Å². The number of benzene rings is 4. The van der Waals surface area contributed by atoms with Gasteiger partial charge in [0.2, 0.25) is 0 Å². The molecule has 49 heavy (non-hydrogen) atoms. The summed E-state index contributed by atoms with van der Waals surface area (Å²) in [6, 6.07) is 37.7. The summed E-state index contributed by atoms with van der Waals surface area (Å²) in [4.78, 5) is 0. The van der Waals surface area contributed by atoms with E-state index in [1.165, 1.54) is 71.9 Å². The predicted octanol–water partition coefficient (Wildman–Crippen LogP) is 5.51. The molecule has 0 spiro atoms. The van der Waals surface area contributed by atoms with E-state index in [4.69, 9.17) is 0 Å². The zero-order valence-electron chi connectivity index (χ0n) is 29.4. The van der Waals surface area contributed by atoms with E-state index in [1.807, 2.05) is 3.88 Å². The fourth-order valence-corrected chi connectivity index (χ4v) is 17.2. The zero-order valence-corrected chi connectivity index (χ0v) is 32.4. The van der Waals surface area contributed by atoms with Gasteiger partial charge in [-0.25, -0.2) is 0 Å². The van der Waals surface area contributed by atoms with E-state index in [0.717, 1.165) is 23.7 Å². The third-order valence-electron chi connectivity index (χ3n) is 13.2. The first-order valence-electron chi connectivity index (χ1n) is 18.3. The Bertz CT molecular complexity index is 1830. The quantitative estimate of drug-likeness (QED) is 0.231. The van der Waals surface area contributed by atoms with E-state index in [2.05, 4.69) is 147 Å². The van der Waals surface area contributed by atoms with Crippen LogP contribution in [0.15, 0.2) is 119 Å². The fraction of sp³-hybridized carbons (Fsp3) is 0.370. The van der Waals surface area contributed by atoms with Gasteiger partial charge in [-0.05, 0) is 0 Å². The van der Waals surface area contributed by atoms with Crippen LogP contribution in [-0.4, -0.2) is 3.81 Å². The average molecular weight is 720 g/mol. The SMILES string of the molecule is CC(C)(c1ccccc1)c1ccc2c(c1)-c1cc(C(C)(C)c3ccccc3)ccc1[CH]2[Ti+2]([C]1=CC=CC1)=[C]1C2CC3CC(C2)CC1C3.[Cl-].[Cl-]. The molecule has 0 aliphatic heterocycles. The molecule has 4 aromatic rings. The average Bonchev–Trinajstić information content (AvgIpc) is 3.73. The Balaban J connectivity index is 0.00000189. The summed E-state index contributed by atoms with van der Waals surface area (Å²) in [7, 11) is 0. The standard InChI is InChI=1S/C31H29.C10H14.C5H5.2ClH.Ti/c1-30(2,24-11-7-5-8-12-24)26-17-15-22-19-23-16-18-27(21-29(23)28(22)20-26)31(3,4)25-13-9-6-10-14-25;1-7-2-9-4-8(1)5-10(3-7)6-9;1-2-4-5-3-1;;;/h5-21H,1-4H3;7-10H,1-5H2;1-3H,4H2;2*1H;/q;;;;;+2/p-2. The molecule has 0 unspecified atom stereocenters. The molecule has 0 radical (unpaired) electrons. The minimum absolute atomic E-state index is 0. The first-order chi connectivity index (χ1) is 22.8. The second-order valence-corrected chi connectivity index (χ2v) is 20.6. The van der Waals surface area contributed by atoms with Crippen molar-refractivity contribution in [3.05, 3.63) is 153 Å². The molecule has 0 nitrogen and oxygen atoms in total. The fourth-order valence-electron chi connectivity index (χ4n) is 10.7. The second kappa shape index (κ2) is 13.3. The van der Waals surface area contributed by atoms with Crippen molar-refractivity contribution in [2.24, 2.45) is 23.7 Å². The molecule has 250 valence electrons. The van der Waals surface area contributed by atoms with Crippen LogP contribution >= 0.6 is 0 Å². The van der Waals surface area contributed by atoms with Gasteiger partial charge in [0.25, 0.3) is 0 Å². The van der Waals surface area contributed by atoms with Crippen molar-refractivity contribution in [2.45, 2.75) is 81.3 Å². The molecule has 4 saturated carbocycles. The van der Waals surface area contributed by atoms with Crippen LogP contribution < -0.4 is 24.8 Å². The summed E-state index contributed by atoms with van der Waals surface area (Å²) in [6.07, 6.45) is 16.1. The molecule has 0 N–H and O–H groups in total. The van der Waals surface area contributed by atoms with Crippen LogP contribution in [0, 0.1) is 23.7 Å². The van der Waals surface area contributed by atoms with E-state index >= 15 is 0 Å². The topological polar surface area (TPSA) is 0 Å². The summed E-state index contributed by atoms with van der Waals surface area (Å²) in [6.45, 7) is 9.63. The van der Waals surface area contributed by atoms with E-state index in [-0.39, 0.29) is 35.6 Å². The van der Waals surface area contributed by atoms with Crippen molar-refractivity contribution in [3.8, 4) is 11.1 Å². The smallest absolute Gasteiger partial charge is 1.00 e. The maximum Gasteiger partial charge on any atom is -1.00 e. The Hall–Kier alpha value is -2.48. The molecule has 4 bridgehead atoms. The number of hydrogen-bond donors (Lipinski definition) is 0. The number of halogens is 2. The van der Waals surface area contributed by atoms with Crippen molar-refractivity contribution < 1.29 is 42.2 Å². The van der Waals surface area contributed by atoms with Crippen molar-refractivity contribution in [2.75, 3.05) is 0 Å². The maximum atomic E-state index is 2.61. The molecule has 0 heterocycles. The van der Waals surface area contributed by atoms with Gasteiger partial charge in [0.1, 0.15) is 0 Å². The van der Waals surface area contributed by atoms with E-state index < -0.39 is 17.4 Å². The normalized spacial score (nSPS) is 23.2. The Morgan fingerprint density at radius 3 is 1.45 bits per heavy atom. The summed E-state index contributed by atoms with van der Waals surface area (Å²) < 4.78 is 4.50. The van der Waals surface area contributed by atoms with Crippen molar-refractivity contribution >= 4 is 3.81 Å². The molecule has 0 amide bonds. The molecule has 0 atom stereocenters. The van der Waals surface area contributed by atoms with Crippen molar-refractivity contribution in [1.82, 2.24) is 0 Å². The molecule has 0 aromatic heterocycles. The van der Waals surface area contributed by atoms with Crippen molar-refractivity contribution in [1.29, 1.82) is 0 Å². The maximum absolute atomic E-state index is 2.61. The second-order valence-electron chi connectivity index (χ2n) is 16.5. The molecule has 6 aliphatic carbocycles. The summed E-state index contributed by atoms with van der Waals surface area (Å²) in [5.74, 6) is 3.79. The summed E-state index contributed by atoms with van der Waals surface area (Å²) in [5.41, 5.74) is 11.8. The van der Waals surface area contributed by atoms with Crippen molar-refractivity contribution in [3.63, 3.8) is 0 Å². The monoisotopic (exact) mass is 718 g/mol. The van der Waals surface area contributed by atoms with Gasteiger partial charge in [-0.15, -0.1) is 0 Å². The Labute approximate surface area is 312 Å². The van der Waals surface area contributed by atoms with Gasteiger partial charge in [0, 0.05) is 0 Å². The van der Waals surface area contributed by atoms with Gasteiger partial charge in [-0.3, -0.25) is 0 Å². The first kappa shape index (κ1) is 34.9. The Kier molecular flexibility index (Phi) is 9.45. The Morgan fingerprint density at radius 2 is 1.02 bits per heavy atom.